The number of hydrogen-bond acceptors (Lipinski definition) is 2. The third-order valence-corrected chi connectivity index (χ3v) is 2.51. The number of hydrogen-bond donors (Lipinski definition) is 2. The molecule has 0 fully saturated rings. The SMILES string of the molecule is CCC(C)(C)Nc1ccccc1C(=O)O. The van der Waals surface area contributed by atoms with Gasteiger partial charge in [-0.3, -0.25) is 0 Å². The highest BCUT2D eigenvalue weighted by Gasteiger charge is 2.17. The van der Waals surface area contributed by atoms with Gasteiger partial charge in [-0.1, -0.05) is 19.1 Å². The second kappa shape index (κ2) is 4.34. The van der Waals surface area contributed by atoms with Crippen LogP contribution in [0.1, 0.15) is 37.6 Å². The fourth-order valence-corrected chi connectivity index (χ4v) is 1.23. The summed E-state index contributed by atoms with van der Waals surface area (Å²) in [7, 11) is 0. The highest BCUT2D eigenvalue weighted by atomic mass is 16.4. The molecule has 15 heavy (non-hydrogen) atoms. The Labute approximate surface area is 90.1 Å². The van der Waals surface area contributed by atoms with Crippen LogP contribution in [-0.2, 0) is 0 Å². The Morgan fingerprint density at radius 3 is 2.53 bits per heavy atom. The summed E-state index contributed by atoms with van der Waals surface area (Å²) < 4.78 is 0. The lowest BCUT2D eigenvalue weighted by Gasteiger charge is -2.26. The predicted molar refractivity (Wildman–Crippen MR) is 61.4 cm³/mol. The van der Waals surface area contributed by atoms with Crippen LogP contribution in [-0.4, -0.2) is 16.6 Å². The Balaban J connectivity index is 2.99. The summed E-state index contributed by atoms with van der Waals surface area (Å²) in [6, 6.07) is 6.96. The first-order valence-electron chi connectivity index (χ1n) is 5.07. The maximum atomic E-state index is 11.0. The minimum absolute atomic E-state index is 0.0917. The smallest absolute Gasteiger partial charge is 0.337 e. The van der Waals surface area contributed by atoms with Gasteiger partial charge in [-0.15, -0.1) is 0 Å². The molecular formula is C12H17NO2. The molecule has 0 saturated carbocycles. The van der Waals surface area contributed by atoms with Crippen LogP contribution in [0.3, 0.4) is 0 Å². The molecule has 0 aromatic heterocycles. The van der Waals surface area contributed by atoms with Crippen LogP contribution in [0.15, 0.2) is 24.3 Å². The normalized spacial score (nSPS) is 11.1. The number of carbonyl (C=O) groups is 1. The lowest BCUT2D eigenvalue weighted by molar-refractivity contribution is 0.0698. The molecule has 1 rings (SSSR count). The van der Waals surface area contributed by atoms with Crippen molar-refractivity contribution < 1.29 is 9.90 Å². The molecule has 0 atom stereocenters. The Morgan fingerprint density at radius 2 is 2.00 bits per heavy atom. The largest absolute Gasteiger partial charge is 0.478 e. The van der Waals surface area contributed by atoms with E-state index in [0.717, 1.165) is 6.42 Å². The molecule has 0 bridgehead atoms. The van der Waals surface area contributed by atoms with Crippen LogP contribution in [0, 0.1) is 0 Å². The van der Waals surface area contributed by atoms with Gasteiger partial charge in [0, 0.05) is 11.2 Å². The highest BCUT2D eigenvalue weighted by Crippen LogP contribution is 2.21. The molecule has 0 saturated heterocycles. The van der Waals surface area contributed by atoms with Crippen molar-refractivity contribution in [2.75, 3.05) is 5.32 Å². The van der Waals surface area contributed by atoms with Crippen molar-refractivity contribution in [3.05, 3.63) is 29.8 Å². The second-order valence-corrected chi connectivity index (χ2v) is 4.21. The Hall–Kier alpha value is -1.51. The van der Waals surface area contributed by atoms with Crippen molar-refractivity contribution in [2.24, 2.45) is 0 Å². The van der Waals surface area contributed by atoms with Crippen molar-refractivity contribution in [2.45, 2.75) is 32.7 Å². The van der Waals surface area contributed by atoms with Gasteiger partial charge in [0.25, 0.3) is 0 Å². The molecule has 0 radical (unpaired) electrons. The fraction of sp³-hybridized carbons (Fsp3) is 0.417. The average Bonchev–Trinajstić information content (AvgIpc) is 2.18. The lowest BCUT2D eigenvalue weighted by atomic mass is 10.0. The quantitative estimate of drug-likeness (QED) is 0.798. The molecule has 0 aliphatic carbocycles. The predicted octanol–water partition coefficient (Wildman–Crippen LogP) is 2.99. The molecule has 0 heterocycles. The van der Waals surface area contributed by atoms with Crippen LogP contribution in [0.5, 0.6) is 0 Å². The van der Waals surface area contributed by atoms with Crippen molar-refractivity contribution in [3.63, 3.8) is 0 Å². The topological polar surface area (TPSA) is 49.3 Å². The van der Waals surface area contributed by atoms with E-state index in [1.54, 1.807) is 18.2 Å². The molecule has 1 aromatic carbocycles. The van der Waals surface area contributed by atoms with Gasteiger partial charge >= 0.3 is 5.97 Å². The Kier molecular flexibility index (Phi) is 3.35. The summed E-state index contributed by atoms with van der Waals surface area (Å²) in [6.07, 6.45) is 0.932. The number of nitrogens with one attached hydrogen (secondary N) is 1. The van der Waals surface area contributed by atoms with Crippen LogP contribution in [0.2, 0.25) is 0 Å². The van der Waals surface area contributed by atoms with E-state index in [0.29, 0.717) is 11.3 Å². The van der Waals surface area contributed by atoms with E-state index in [2.05, 4.69) is 12.2 Å². The zero-order valence-corrected chi connectivity index (χ0v) is 9.37. The molecular weight excluding hydrogens is 190 g/mol. The number of benzene rings is 1. The van der Waals surface area contributed by atoms with E-state index >= 15 is 0 Å². The molecule has 2 N–H and O–H groups in total. The van der Waals surface area contributed by atoms with Gasteiger partial charge in [0.2, 0.25) is 0 Å². The molecule has 1 aromatic rings. The fourth-order valence-electron chi connectivity index (χ4n) is 1.23. The monoisotopic (exact) mass is 207 g/mol. The Bertz CT molecular complexity index is 358. The molecule has 3 nitrogen and oxygen atoms in total. The van der Waals surface area contributed by atoms with Gasteiger partial charge in [0.05, 0.1) is 5.56 Å². The third kappa shape index (κ3) is 2.98. The van der Waals surface area contributed by atoms with Gasteiger partial charge in [0.1, 0.15) is 0 Å². The highest BCUT2D eigenvalue weighted by molar-refractivity contribution is 5.94. The summed E-state index contributed by atoms with van der Waals surface area (Å²) in [6.45, 7) is 6.16. The van der Waals surface area contributed by atoms with E-state index in [-0.39, 0.29) is 5.54 Å². The number of aromatic carboxylic acids is 1. The molecule has 82 valence electrons. The average molecular weight is 207 g/mol. The van der Waals surface area contributed by atoms with E-state index in [9.17, 15) is 4.79 Å². The summed E-state index contributed by atoms with van der Waals surface area (Å²) >= 11 is 0. The van der Waals surface area contributed by atoms with Crippen LogP contribution in [0.4, 0.5) is 5.69 Å². The zero-order valence-electron chi connectivity index (χ0n) is 9.37. The number of para-hydroxylation sites is 1. The molecule has 0 unspecified atom stereocenters. The second-order valence-electron chi connectivity index (χ2n) is 4.21. The standard InChI is InChI=1S/C12H17NO2/c1-4-12(2,3)13-10-8-6-5-7-9(10)11(14)15/h5-8,13H,4H2,1-3H3,(H,14,15). The van der Waals surface area contributed by atoms with Gasteiger partial charge in [-0.25, -0.2) is 4.79 Å². The van der Waals surface area contributed by atoms with E-state index in [4.69, 9.17) is 5.11 Å². The van der Waals surface area contributed by atoms with E-state index < -0.39 is 5.97 Å². The molecule has 0 spiro atoms. The first-order valence-corrected chi connectivity index (χ1v) is 5.07. The van der Waals surface area contributed by atoms with E-state index in [1.807, 2.05) is 19.9 Å². The molecule has 0 amide bonds. The van der Waals surface area contributed by atoms with Crippen LogP contribution in [0.25, 0.3) is 0 Å². The third-order valence-electron chi connectivity index (χ3n) is 2.51. The summed E-state index contributed by atoms with van der Waals surface area (Å²) in [5.41, 5.74) is 0.904. The van der Waals surface area contributed by atoms with E-state index in [1.165, 1.54) is 0 Å². The van der Waals surface area contributed by atoms with Crippen molar-refractivity contribution in [3.8, 4) is 0 Å². The van der Waals surface area contributed by atoms with Gasteiger partial charge in [0.15, 0.2) is 0 Å². The number of carboxylic acids is 1. The first-order chi connectivity index (χ1) is 6.96. The Morgan fingerprint density at radius 1 is 1.40 bits per heavy atom. The summed E-state index contributed by atoms with van der Waals surface area (Å²) in [5, 5.41) is 12.2. The van der Waals surface area contributed by atoms with Gasteiger partial charge in [-0.05, 0) is 32.4 Å². The minimum Gasteiger partial charge on any atom is -0.478 e. The maximum absolute atomic E-state index is 11.0. The zero-order chi connectivity index (χ0) is 11.5. The summed E-state index contributed by atoms with van der Waals surface area (Å²) in [5.74, 6) is -0.898. The van der Waals surface area contributed by atoms with Crippen LogP contribution >= 0.6 is 0 Å². The number of anilines is 1. The van der Waals surface area contributed by atoms with Gasteiger partial charge in [-0.2, -0.15) is 0 Å². The minimum atomic E-state index is -0.898. The van der Waals surface area contributed by atoms with Crippen LogP contribution < -0.4 is 5.32 Å². The van der Waals surface area contributed by atoms with Crippen molar-refractivity contribution in [1.82, 2.24) is 0 Å². The molecule has 0 aliphatic rings. The number of rotatable bonds is 4. The lowest BCUT2D eigenvalue weighted by Crippen LogP contribution is -2.30. The van der Waals surface area contributed by atoms with Crippen molar-refractivity contribution >= 4 is 11.7 Å². The van der Waals surface area contributed by atoms with Gasteiger partial charge < -0.3 is 10.4 Å². The number of carboxylic acid groups (broad SMARTS) is 1. The molecule has 3 heteroatoms. The molecule has 0 aliphatic heterocycles. The van der Waals surface area contributed by atoms with Crippen molar-refractivity contribution in [1.29, 1.82) is 0 Å². The maximum Gasteiger partial charge on any atom is 0.337 e. The summed E-state index contributed by atoms with van der Waals surface area (Å²) in [4.78, 5) is 11.0. The first kappa shape index (κ1) is 11.6.